The highest BCUT2D eigenvalue weighted by Gasteiger charge is 2.13. The highest BCUT2D eigenvalue weighted by atomic mass is 16.5. The van der Waals surface area contributed by atoms with Crippen molar-refractivity contribution >= 4 is 5.97 Å². The van der Waals surface area contributed by atoms with E-state index in [0.717, 1.165) is 5.56 Å². The zero-order valence-corrected chi connectivity index (χ0v) is 11.2. The molecule has 104 valence electrons. The van der Waals surface area contributed by atoms with E-state index in [4.69, 9.17) is 14.6 Å². The largest absolute Gasteiger partial charge is 0.493 e. The molecule has 0 aliphatic carbocycles. The molecule has 1 unspecified atom stereocenters. The summed E-state index contributed by atoms with van der Waals surface area (Å²) in [6.45, 7) is 1.89. The Labute approximate surface area is 116 Å². The fourth-order valence-electron chi connectivity index (χ4n) is 1.77. The van der Waals surface area contributed by atoms with Crippen molar-refractivity contribution in [3.63, 3.8) is 0 Å². The van der Waals surface area contributed by atoms with Crippen LogP contribution >= 0.6 is 0 Å². The van der Waals surface area contributed by atoms with E-state index in [1.165, 1.54) is 19.2 Å². The molecule has 1 aromatic carbocycles. The number of rotatable bonds is 5. The molecule has 1 heterocycles. The molecule has 1 aromatic heterocycles. The number of methoxy groups -OCH3 is 1. The van der Waals surface area contributed by atoms with Crippen LogP contribution in [0.4, 0.5) is 0 Å². The number of aromatic carboxylic acids is 1. The molecule has 20 heavy (non-hydrogen) atoms. The average molecular weight is 273 g/mol. The minimum atomic E-state index is -1.00. The van der Waals surface area contributed by atoms with Gasteiger partial charge in [0.25, 0.3) is 0 Å². The van der Waals surface area contributed by atoms with Crippen LogP contribution in [0.3, 0.4) is 0 Å². The lowest BCUT2D eigenvalue weighted by atomic mass is 10.1. The molecule has 1 atom stereocenters. The summed E-state index contributed by atoms with van der Waals surface area (Å²) in [5, 5.41) is 8.95. The molecule has 0 saturated heterocycles. The molecule has 0 spiro atoms. The van der Waals surface area contributed by atoms with Crippen molar-refractivity contribution in [2.24, 2.45) is 0 Å². The van der Waals surface area contributed by atoms with Gasteiger partial charge in [0.1, 0.15) is 6.10 Å². The first-order valence-electron chi connectivity index (χ1n) is 6.09. The Morgan fingerprint density at radius 2 is 2.10 bits per heavy atom. The predicted molar refractivity (Wildman–Crippen MR) is 73.2 cm³/mol. The van der Waals surface area contributed by atoms with Crippen LogP contribution in [-0.2, 0) is 0 Å². The maximum atomic E-state index is 10.9. The molecule has 2 rings (SSSR count). The number of ether oxygens (including phenoxy) is 2. The van der Waals surface area contributed by atoms with E-state index in [-0.39, 0.29) is 11.7 Å². The van der Waals surface area contributed by atoms with Crippen LogP contribution in [-0.4, -0.2) is 23.2 Å². The van der Waals surface area contributed by atoms with Crippen LogP contribution in [0.5, 0.6) is 11.5 Å². The third-order valence-electron chi connectivity index (χ3n) is 2.87. The van der Waals surface area contributed by atoms with E-state index in [1.807, 2.05) is 19.1 Å². The number of carboxylic acid groups (broad SMARTS) is 1. The average Bonchev–Trinajstić information content (AvgIpc) is 2.48. The molecule has 0 amide bonds. The van der Waals surface area contributed by atoms with E-state index < -0.39 is 5.97 Å². The Morgan fingerprint density at radius 3 is 2.70 bits per heavy atom. The van der Waals surface area contributed by atoms with Crippen molar-refractivity contribution in [3.05, 3.63) is 53.9 Å². The third-order valence-corrected chi connectivity index (χ3v) is 2.87. The molecule has 0 aliphatic heterocycles. The lowest BCUT2D eigenvalue weighted by Gasteiger charge is -2.17. The van der Waals surface area contributed by atoms with E-state index in [2.05, 4.69) is 4.98 Å². The monoisotopic (exact) mass is 273 g/mol. The first-order valence-corrected chi connectivity index (χ1v) is 6.09. The van der Waals surface area contributed by atoms with Crippen molar-refractivity contribution in [2.75, 3.05) is 7.11 Å². The standard InChI is InChI=1S/C15H15NO4/c1-10(12-4-3-7-16-9-12)20-13-6-5-11(15(17)18)8-14(13)19-2/h3-10H,1-2H3,(H,17,18). The number of hydrogen-bond acceptors (Lipinski definition) is 4. The van der Waals surface area contributed by atoms with Gasteiger partial charge in [-0.05, 0) is 31.2 Å². The van der Waals surface area contributed by atoms with Gasteiger partial charge in [0.05, 0.1) is 12.7 Å². The van der Waals surface area contributed by atoms with Gasteiger partial charge >= 0.3 is 5.97 Å². The van der Waals surface area contributed by atoms with Gasteiger partial charge in [0, 0.05) is 18.0 Å². The quantitative estimate of drug-likeness (QED) is 0.907. The molecule has 0 radical (unpaired) electrons. The van der Waals surface area contributed by atoms with Crippen molar-refractivity contribution < 1.29 is 19.4 Å². The fourth-order valence-corrected chi connectivity index (χ4v) is 1.77. The van der Waals surface area contributed by atoms with Crippen LogP contribution in [0.1, 0.15) is 28.9 Å². The molecule has 0 saturated carbocycles. The van der Waals surface area contributed by atoms with Gasteiger partial charge in [0.15, 0.2) is 11.5 Å². The van der Waals surface area contributed by atoms with Crippen molar-refractivity contribution in [1.82, 2.24) is 4.98 Å². The maximum absolute atomic E-state index is 10.9. The second kappa shape index (κ2) is 6.06. The van der Waals surface area contributed by atoms with Gasteiger partial charge in [-0.2, -0.15) is 0 Å². The van der Waals surface area contributed by atoms with Crippen molar-refractivity contribution in [2.45, 2.75) is 13.0 Å². The number of carboxylic acids is 1. The van der Waals surface area contributed by atoms with Gasteiger partial charge in [-0.25, -0.2) is 4.79 Å². The number of aromatic nitrogens is 1. The van der Waals surface area contributed by atoms with Crippen molar-refractivity contribution in [3.8, 4) is 11.5 Å². The first-order chi connectivity index (χ1) is 9.61. The van der Waals surface area contributed by atoms with E-state index in [0.29, 0.717) is 11.5 Å². The molecular weight excluding hydrogens is 258 g/mol. The summed E-state index contributed by atoms with van der Waals surface area (Å²) in [4.78, 5) is 15.0. The highest BCUT2D eigenvalue weighted by molar-refractivity contribution is 5.88. The lowest BCUT2D eigenvalue weighted by molar-refractivity contribution is 0.0696. The minimum Gasteiger partial charge on any atom is -0.493 e. The zero-order chi connectivity index (χ0) is 14.5. The lowest BCUT2D eigenvalue weighted by Crippen LogP contribution is -2.05. The summed E-state index contributed by atoms with van der Waals surface area (Å²) >= 11 is 0. The molecule has 2 aromatic rings. The molecular formula is C15H15NO4. The smallest absolute Gasteiger partial charge is 0.335 e. The van der Waals surface area contributed by atoms with Gasteiger partial charge in [-0.15, -0.1) is 0 Å². The topological polar surface area (TPSA) is 68.7 Å². The second-order valence-corrected chi connectivity index (χ2v) is 4.22. The first kappa shape index (κ1) is 13.9. The number of pyridine rings is 1. The third kappa shape index (κ3) is 3.06. The van der Waals surface area contributed by atoms with Crippen LogP contribution in [0, 0.1) is 0 Å². The molecule has 5 nitrogen and oxygen atoms in total. The normalized spacial score (nSPS) is 11.7. The Morgan fingerprint density at radius 1 is 1.30 bits per heavy atom. The number of hydrogen-bond donors (Lipinski definition) is 1. The maximum Gasteiger partial charge on any atom is 0.335 e. The van der Waals surface area contributed by atoms with E-state index in [1.54, 1.807) is 18.5 Å². The van der Waals surface area contributed by atoms with Gasteiger partial charge in [-0.3, -0.25) is 4.98 Å². The molecule has 0 fully saturated rings. The molecule has 1 N–H and O–H groups in total. The Kier molecular flexibility index (Phi) is 4.20. The SMILES string of the molecule is COc1cc(C(=O)O)ccc1OC(C)c1cccnc1. The number of carbonyl (C=O) groups is 1. The summed E-state index contributed by atoms with van der Waals surface area (Å²) in [6, 6.07) is 8.26. The van der Waals surface area contributed by atoms with Crippen molar-refractivity contribution in [1.29, 1.82) is 0 Å². The Hall–Kier alpha value is -2.56. The van der Waals surface area contributed by atoms with E-state index >= 15 is 0 Å². The Balaban J connectivity index is 2.23. The zero-order valence-electron chi connectivity index (χ0n) is 11.2. The van der Waals surface area contributed by atoms with Crippen LogP contribution in [0.15, 0.2) is 42.7 Å². The predicted octanol–water partition coefficient (Wildman–Crippen LogP) is 2.93. The minimum absolute atomic E-state index is 0.156. The summed E-state index contributed by atoms with van der Waals surface area (Å²) in [5.41, 5.74) is 1.08. The molecule has 0 aliphatic rings. The summed E-state index contributed by atoms with van der Waals surface area (Å²) in [7, 11) is 1.47. The van der Waals surface area contributed by atoms with Crippen LogP contribution in [0.2, 0.25) is 0 Å². The van der Waals surface area contributed by atoms with Crippen LogP contribution in [0.25, 0.3) is 0 Å². The summed E-state index contributed by atoms with van der Waals surface area (Å²) < 4.78 is 11.0. The summed E-state index contributed by atoms with van der Waals surface area (Å²) in [5.74, 6) is -0.121. The van der Waals surface area contributed by atoms with E-state index in [9.17, 15) is 4.79 Å². The summed E-state index contributed by atoms with van der Waals surface area (Å²) in [6.07, 6.45) is 3.20. The van der Waals surface area contributed by atoms with Gasteiger partial charge in [0.2, 0.25) is 0 Å². The fraction of sp³-hybridized carbons (Fsp3) is 0.200. The number of benzene rings is 1. The van der Waals surface area contributed by atoms with Gasteiger partial charge in [-0.1, -0.05) is 6.07 Å². The second-order valence-electron chi connectivity index (χ2n) is 4.22. The highest BCUT2D eigenvalue weighted by Crippen LogP contribution is 2.31. The number of nitrogens with zero attached hydrogens (tertiary/aromatic N) is 1. The Bertz CT molecular complexity index is 598. The van der Waals surface area contributed by atoms with Crippen LogP contribution < -0.4 is 9.47 Å². The molecule has 0 bridgehead atoms. The molecule has 5 heteroatoms. The van der Waals surface area contributed by atoms with Gasteiger partial charge < -0.3 is 14.6 Å².